The van der Waals surface area contributed by atoms with E-state index in [1.54, 1.807) is 0 Å². The van der Waals surface area contributed by atoms with Gasteiger partial charge in [-0.1, -0.05) is 6.92 Å². The van der Waals surface area contributed by atoms with Crippen LogP contribution >= 0.6 is 0 Å². The van der Waals surface area contributed by atoms with Crippen molar-refractivity contribution in [3.8, 4) is 0 Å². The molecule has 3 heteroatoms. The number of ether oxygens (including phenoxy) is 1. The maximum Gasteiger partial charge on any atom is 0.0645 e. The molecule has 0 radical (unpaired) electrons. The summed E-state index contributed by atoms with van der Waals surface area (Å²) in [5.74, 6) is 0. The van der Waals surface area contributed by atoms with Crippen LogP contribution in [0.1, 0.15) is 39.8 Å². The maximum absolute atomic E-state index is 5.52. The Labute approximate surface area is 105 Å². The summed E-state index contributed by atoms with van der Waals surface area (Å²) in [5.41, 5.74) is 1.48. The molecular formula is C14H26N2O. The molecule has 0 bridgehead atoms. The number of rotatable bonds is 7. The normalized spacial score (nSPS) is 12.0. The lowest BCUT2D eigenvalue weighted by Crippen LogP contribution is -2.35. The third-order valence-electron chi connectivity index (χ3n) is 2.55. The summed E-state index contributed by atoms with van der Waals surface area (Å²) in [7, 11) is 0. The minimum Gasteiger partial charge on any atom is -0.380 e. The molecule has 0 fully saturated rings. The van der Waals surface area contributed by atoms with Gasteiger partial charge < -0.3 is 14.6 Å². The highest BCUT2D eigenvalue weighted by atomic mass is 16.5. The van der Waals surface area contributed by atoms with Crippen LogP contribution in [0.4, 0.5) is 0 Å². The minimum absolute atomic E-state index is 0.161. The second kappa shape index (κ2) is 6.82. The van der Waals surface area contributed by atoms with Gasteiger partial charge in [-0.05, 0) is 39.3 Å². The van der Waals surface area contributed by atoms with Crippen LogP contribution in [0, 0.1) is 0 Å². The van der Waals surface area contributed by atoms with Gasteiger partial charge >= 0.3 is 0 Å². The Bertz CT molecular complexity index is 312. The molecule has 0 aliphatic carbocycles. The Hall–Kier alpha value is -0.800. The zero-order chi connectivity index (χ0) is 12.7. The molecule has 0 aliphatic heterocycles. The summed E-state index contributed by atoms with van der Waals surface area (Å²) in [5, 5.41) is 3.50. The molecule has 1 N–H and O–H groups in total. The molecule has 98 valence electrons. The van der Waals surface area contributed by atoms with Gasteiger partial charge in [-0.25, -0.2) is 0 Å². The standard InChI is InChI=1S/C14H26N2O/c1-5-10-17-11-9-16-8-6-7-13(16)12-15-14(2,3)4/h6-8,15H,5,9-12H2,1-4H3. The van der Waals surface area contributed by atoms with Crippen LogP contribution in [-0.4, -0.2) is 23.3 Å². The van der Waals surface area contributed by atoms with Crippen molar-refractivity contribution in [3.63, 3.8) is 0 Å². The van der Waals surface area contributed by atoms with E-state index in [-0.39, 0.29) is 5.54 Å². The van der Waals surface area contributed by atoms with E-state index in [4.69, 9.17) is 4.74 Å². The first-order chi connectivity index (χ1) is 8.03. The van der Waals surface area contributed by atoms with Crippen molar-refractivity contribution in [2.75, 3.05) is 13.2 Å². The average molecular weight is 238 g/mol. The predicted octanol–water partition coefficient (Wildman–Crippen LogP) is 2.80. The van der Waals surface area contributed by atoms with Gasteiger partial charge in [0, 0.05) is 37.1 Å². The second-order valence-electron chi connectivity index (χ2n) is 5.41. The monoisotopic (exact) mass is 238 g/mol. The Kier molecular flexibility index (Phi) is 5.72. The average Bonchev–Trinajstić information content (AvgIpc) is 2.68. The third-order valence-corrected chi connectivity index (χ3v) is 2.55. The first-order valence-corrected chi connectivity index (χ1v) is 6.49. The van der Waals surface area contributed by atoms with E-state index in [2.05, 4.69) is 55.9 Å². The van der Waals surface area contributed by atoms with E-state index in [1.165, 1.54) is 5.69 Å². The second-order valence-corrected chi connectivity index (χ2v) is 5.41. The van der Waals surface area contributed by atoms with Crippen LogP contribution in [0.2, 0.25) is 0 Å². The molecule has 0 saturated carbocycles. The lowest BCUT2D eigenvalue weighted by Gasteiger charge is -2.21. The fraction of sp³-hybridized carbons (Fsp3) is 0.714. The van der Waals surface area contributed by atoms with Crippen molar-refractivity contribution in [3.05, 3.63) is 24.0 Å². The van der Waals surface area contributed by atoms with Crippen LogP contribution in [0.25, 0.3) is 0 Å². The highest BCUT2D eigenvalue weighted by Gasteiger charge is 2.09. The molecular weight excluding hydrogens is 212 g/mol. The highest BCUT2D eigenvalue weighted by molar-refractivity contribution is 5.07. The summed E-state index contributed by atoms with van der Waals surface area (Å²) >= 11 is 0. The van der Waals surface area contributed by atoms with Gasteiger partial charge in [0.2, 0.25) is 0 Å². The number of hydrogen-bond donors (Lipinski definition) is 1. The van der Waals surface area contributed by atoms with Gasteiger partial charge in [-0.3, -0.25) is 0 Å². The first kappa shape index (κ1) is 14.3. The van der Waals surface area contributed by atoms with E-state index < -0.39 is 0 Å². The molecule has 0 amide bonds. The third kappa shape index (κ3) is 5.89. The number of nitrogens with one attached hydrogen (secondary N) is 1. The maximum atomic E-state index is 5.52. The molecule has 0 aromatic carbocycles. The molecule has 1 aromatic rings. The molecule has 0 unspecified atom stereocenters. The van der Waals surface area contributed by atoms with Crippen LogP contribution < -0.4 is 5.32 Å². The molecule has 17 heavy (non-hydrogen) atoms. The Morgan fingerprint density at radius 1 is 1.29 bits per heavy atom. The zero-order valence-corrected chi connectivity index (χ0v) is 11.6. The van der Waals surface area contributed by atoms with E-state index in [0.717, 1.165) is 32.7 Å². The van der Waals surface area contributed by atoms with E-state index in [9.17, 15) is 0 Å². The van der Waals surface area contributed by atoms with Gasteiger partial charge in [-0.2, -0.15) is 0 Å². The minimum atomic E-state index is 0.161. The fourth-order valence-electron chi connectivity index (χ4n) is 1.59. The summed E-state index contributed by atoms with van der Waals surface area (Å²) in [4.78, 5) is 0. The molecule has 1 aromatic heterocycles. The summed E-state index contributed by atoms with van der Waals surface area (Å²) < 4.78 is 7.77. The van der Waals surface area contributed by atoms with Crippen molar-refractivity contribution in [1.29, 1.82) is 0 Å². The van der Waals surface area contributed by atoms with Gasteiger partial charge in [-0.15, -0.1) is 0 Å². The molecule has 1 rings (SSSR count). The Morgan fingerprint density at radius 3 is 2.71 bits per heavy atom. The summed E-state index contributed by atoms with van der Waals surface area (Å²) in [6, 6.07) is 4.26. The van der Waals surface area contributed by atoms with Crippen LogP contribution in [0.15, 0.2) is 18.3 Å². The number of aromatic nitrogens is 1. The van der Waals surface area contributed by atoms with Gasteiger partial charge in [0.1, 0.15) is 0 Å². The van der Waals surface area contributed by atoms with Gasteiger partial charge in [0.25, 0.3) is 0 Å². The highest BCUT2D eigenvalue weighted by Crippen LogP contribution is 2.06. The van der Waals surface area contributed by atoms with Gasteiger partial charge in [0.05, 0.1) is 6.61 Å². The van der Waals surface area contributed by atoms with Crippen molar-refractivity contribution >= 4 is 0 Å². The summed E-state index contributed by atoms with van der Waals surface area (Å²) in [6.45, 7) is 12.2. The van der Waals surface area contributed by atoms with Crippen LogP contribution in [0.5, 0.6) is 0 Å². The number of nitrogens with zero attached hydrogens (tertiary/aromatic N) is 1. The van der Waals surface area contributed by atoms with E-state index >= 15 is 0 Å². The predicted molar refractivity (Wildman–Crippen MR) is 72.1 cm³/mol. The largest absolute Gasteiger partial charge is 0.380 e. The molecule has 1 heterocycles. The van der Waals surface area contributed by atoms with Crippen molar-refractivity contribution in [2.24, 2.45) is 0 Å². The first-order valence-electron chi connectivity index (χ1n) is 6.49. The van der Waals surface area contributed by atoms with Gasteiger partial charge in [0.15, 0.2) is 0 Å². The molecule has 0 spiro atoms. The SMILES string of the molecule is CCCOCCn1cccc1CNC(C)(C)C. The van der Waals surface area contributed by atoms with Crippen molar-refractivity contribution in [1.82, 2.24) is 9.88 Å². The zero-order valence-electron chi connectivity index (χ0n) is 11.6. The lowest BCUT2D eigenvalue weighted by molar-refractivity contribution is 0.126. The van der Waals surface area contributed by atoms with Crippen molar-refractivity contribution < 1.29 is 4.74 Å². The lowest BCUT2D eigenvalue weighted by atomic mass is 10.1. The smallest absolute Gasteiger partial charge is 0.0645 e. The molecule has 3 nitrogen and oxygen atoms in total. The Morgan fingerprint density at radius 2 is 2.06 bits per heavy atom. The van der Waals surface area contributed by atoms with E-state index in [0.29, 0.717) is 0 Å². The Balaban J connectivity index is 2.37. The molecule has 0 saturated heterocycles. The topological polar surface area (TPSA) is 26.2 Å². The molecule has 0 aliphatic rings. The fourth-order valence-corrected chi connectivity index (χ4v) is 1.59. The summed E-state index contributed by atoms with van der Waals surface area (Å²) in [6.07, 6.45) is 3.21. The quantitative estimate of drug-likeness (QED) is 0.739. The molecule has 0 atom stereocenters. The number of hydrogen-bond acceptors (Lipinski definition) is 2. The van der Waals surface area contributed by atoms with Crippen LogP contribution in [0.3, 0.4) is 0 Å². The van der Waals surface area contributed by atoms with Crippen molar-refractivity contribution in [2.45, 2.75) is 52.7 Å². The van der Waals surface area contributed by atoms with Crippen LogP contribution in [-0.2, 0) is 17.8 Å². The van der Waals surface area contributed by atoms with E-state index in [1.807, 2.05) is 0 Å².